The van der Waals surface area contributed by atoms with Gasteiger partial charge in [-0.15, -0.1) is 0 Å². The Balaban J connectivity index is 2.09. The Morgan fingerprint density at radius 1 is 1.42 bits per heavy atom. The molecular weight excluding hydrogens is 302 g/mol. The Bertz CT molecular complexity index is 437. The van der Waals surface area contributed by atoms with Gasteiger partial charge in [0.05, 0.1) is 15.9 Å². The Kier molecular flexibility index (Phi) is 4.72. The summed E-state index contributed by atoms with van der Waals surface area (Å²) < 4.78 is 3.32. The maximum absolute atomic E-state index is 4.66. The molecule has 1 atom stereocenters. The molecule has 0 saturated heterocycles. The van der Waals surface area contributed by atoms with Crippen molar-refractivity contribution in [3.8, 4) is 0 Å². The van der Waals surface area contributed by atoms with Crippen molar-refractivity contribution in [3.05, 3.63) is 15.9 Å². The molecule has 2 rings (SSSR count). The molecule has 4 heteroatoms. The summed E-state index contributed by atoms with van der Waals surface area (Å²) in [6.45, 7) is 10.9. The molecular formula is C15H26BrN3. The van der Waals surface area contributed by atoms with Crippen LogP contribution in [0.3, 0.4) is 0 Å². The molecule has 108 valence electrons. The number of nitrogens with zero attached hydrogens (tertiary/aromatic N) is 2. The Morgan fingerprint density at radius 2 is 2.16 bits per heavy atom. The first-order valence-corrected chi connectivity index (χ1v) is 8.26. The molecule has 3 nitrogen and oxygen atoms in total. The van der Waals surface area contributed by atoms with E-state index >= 15 is 0 Å². The maximum atomic E-state index is 4.66. The van der Waals surface area contributed by atoms with Crippen LogP contribution in [0.4, 0.5) is 0 Å². The Hall–Kier alpha value is -0.350. The van der Waals surface area contributed by atoms with Gasteiger partial charge < -0.3 is 5.32 Å². The summed E-state index contributed by atoms with van der Waals surface area (Å²) in [4.78, 5) is 0. The molecule has 0 aromatic carbocycles. The average Bonchev–Trinajstić information content (AvgIpc) is 2.86. The van der Waals surface area contributed by atoms with Crippen molar-refractivity contribution < 1.29 is 0 Å². The van der Waals surface area contributed by atoms with E-state index in [1.54, 1.807) is 0 Å². The van der Waals surface area contributed by atoms with Crippen molar-refractivity contribution >= 4 is 15.9 Å². The average molecular weight is 328 g/mol. The Labute approximate surface area is 125 Å². The highest BCUT2D eigenvalue weighted by molar-refractivity contribution is 9.10. The summed E-state index contributed by atoms with van der Waals surface area (Å²) in [5, 5.41) is 8.41. The predicted molar refractivity (Wildman–Crippen MR) is 83.2 cm³/mol. The van der Waals surface area contributed by atoms with Gasteiger partial charge in [-0.1, -0.05) is 27.2 Å². The van der Waals surface area contributed by atoms with Gasteiger partial charge in [-0.25, -0.2) is 0 Å². The monoisotopic (exact) mass is 327 g/mol. The van der Waals surface area contributed by atoms with Crippen LogP contribution in [0.1, 0.15) is 58.3 Å². The third kappa shape index (κ3) is 3.05. The van der Waals surface area contributed by atoms with E-state index in [0.29, 0.717) is 11.5 Å². The zero-order chi connectivity index (χ0) is 14.0. The van der Waals surface area contributed by atoms with Gasteiger partial charge >= 0.3 is 0 Å². The lowest BCUT2D eigenvalue weighted by Gasteiger charge is -2.28. The van der Waals surface area contributed by atoms with Crippen LogP contribution in [-0.4, -0.2) is 15.8 Å². The number of aryl methyl sites for hydroxylation is 2. The minimum atomic E-state index is 0.428. The molecule has 1 aliphatic rings. The van der Waals surface area contributed by atoms with E-state index in [9.17, 15) is 0 Å². The molecule has 0 bridgehead atoms. The van der Waals surface area contributed by atoms with Crippen LogP contribution in [-0.2, 0) is 19.5 Å². The second-order valence-corrected chi connectivity index (χ2v) is 6.98. The molecule has 19 heavy (non-hydrogen) atoms. The minimum absolute atomic E-state index is 0.428. The zero-order valence-electron chi connectivity index (χ0n) is 12.6. The van der Waals surface area contributed by atoms with E-state index in [1.165, 1.54) is 35.1 Å². The highest BCUT2D eigenvalue weighted by Gasteiger charge is 2.34. The SMILES string of the molecule is CCc1nn(CC)c(CNC2CCCC2(C)C)c1Br. The quantitative estimate of drug-likeness (QED) is 0.888. The van der Waals surface area contributed by atoms with Crippen LogP contribution in [0.2, 0.25) is 0 Å². The standard InChI is InChI=1S/C15H26BrN3/c1-5-11-14(16)12(19(6-2)18-11)10-17-13-8-7-9-15(13,3)4/h13,17H,5-10H2,1-4H3. The molecule has 1 saturated carbocycles. The summed E-state index contributed by atoms with van der Waals surface area (Å²) in [5.74, 6) is 0. The molecule has 1 fully saturated rings. The van der Waals surface area contributed by atoms with E-state index in [4.69, 9.17) is 0 Å². The van der Waals surface area contributed by atoms with Crippen LogP contribution in [0.15, 0.2) is 4.47 Å². The van der Waals surface area contributed by atoms with Crippen molar-refractivity contribution in [1.82, 2.24) is 15.1 Å². The van der Waals surface area contributed by atoms with Crippen LogP contribution in [0.5, 0.6) is 0 Å². The smallest absolute Gasteiger partial charge is 0.0767 e. The number of rotatable bonds is 5. The predicted octanol–water partition coefficient (Wildman–Crippen LogP) is 3.90. The van der Waals surface area contributed by atoms with Gasteiger partial charge in [0.1, 0.15) is 0 Å². The zero-order valence-corrected chi connectivity index (χ0v) is 14.2. The lowest BCUT2D eigenvalue weighted by Crippen LogP contribution is -2.37. The molecule has 0 aliphatic heterocycles. The number of hydrogen-bond acceptors (Lipinski definition) is 2. The first-order valence-electron chi connectivity index (χ1n) is 7.47. The van der Waals surface area contributed by atoms with Crippen LogP contribution in [0.25, 0.3) is 0 Å². The molecule has 1 aliphatic carbocycles. The van der Waals surface area contributed by atoms with E-state index in [1.807, 2.05) is 0 Å². The fourth-order valence-electron chi connectivity index (χ4n) is 3.11. The first kappa shape index (κ1) is 15.0. The van der Waals surface area contributed by atoms with Gasteiger partial charge in [-0.2, -0.15) is 5.10 Å². The largest absolute Gasteiger partial charge is 0.308 e. The molecule has 1 heterocycles. The second-order valence-electron chi connectivity index (χ2n) is 6.19. The van der Waals surface area contributed by atoms with Crippen LogP contribution >= 0.6 is 15.9 Å². The number of nitrogens with one attached hydrogen (secondary N) is 1. The lowest BCUT2D eigenvalue weighted by atomic mass is 9.87. The van der Waals surface area contributed by atoms with Crippen molar-refractivity contribution in [2.45, 2.75) is 72.5 Å². The van der Waals surface area contributed by atoms with Gasteiger partial charge in [0.2, 0.25) is 0 Å². The molecule has 1 unspecified atom stereocenters. The van der Waals surface area contributed by atoms with Crippen molar-refractivity contribution in [2.24, 2.45) is 5.41 Å². The summed E-state index contributed by atoms with van der Waals surface area (Å²) >= 11 is 3.72. The number of hydrogen-bond donors (Lipinski definition) is 1. The number of aromatic nitrogens is 2. The number of halogens is 1. The molecule has 0 amide bonds. The summed E-state index contributed by atoms with van der Waals surface area (Å²) in [6, 6.07) is 0.629. The van der Waals surface area contributed by atoms with E-state index in [2.05, 4.69) is 58.7 Å². The minimum Gasteiger partial charge on any atom is -0.308 e. The van der Waals surface area contributed by atoms with Gasteiger partial charge in [-0.3, -0.25) is 4.68 Å². The van der Waals surface area contributed by atoms with E-state index in [-0.39, 0.29) is 0 Å². The van der Waals surface area contributed by atoms with Gasteiger partial charge in [0, 0.05) is 19.1 Å². The van der Waals surface area contributed by atoms with Crippen molar-refractivity contribution in [3.63, 3.8) is 0 Å². The summed E-state index contributed by atoms with van der Waals surface area (Å²) in [6.07, 6.45) is 4.96. The van der Waals surface area contributed by atoms with E-state index < -0.39 is 0 Å². The highest BCUT2D eigenvalue weighted by atomic mass is 79.9. The van der Waals surface area contributed by atoms with Crippen LogP contribution < -0.4 is 5.32 Å². The highest BCUT2D eigenvalue weighted by Crippen LogP contribution is 2.37. The molecule has 1 aromatic heterocycles. The van der Waals surface area contributed by atoms with Gasteiger partial charge in [0.25, 0.3) is 0 Å². The molecule has 0 radical (unpaired) electrons. The lowest BCUT2D eigenvalue weighted by molar-refractivity contribution is 0.280. The molecule has 1 N–H and O–H groups in total. The molecule has 1 aromatic rings. The van der Waals surface area contributed by atoms with Crippen LogP contribution in [0, 0.1) is 5.41 Å². The topological polar surface area (TPSA) is 29.9 Å². The van der Waals surface area contributed by atoms with E-state index in [0.717, 1.165) is 19.5 Å². The van der Waals surface area contributed by atoms with Gasteiger partial charge in [-0.05, 0) is 47.5 Å². The first-order chi connectivity index (χ1) is 8.99. The second kappa shape index (κ2) is 5.96. The normalized spacial score (nSPS) is 22.1. The van der Waals surface area contributed by atoms with Gasteiger partial charge in [0.15, 0.2) is 0 Å². The fraction of sp³-hybridized carbons (Fsp3) is 0.800. The van der Waals surface area contributed by atoms with Crippen molar-refractivity contribution in [2.75, 3.05) is 0 Å². The summed E-state index contributed by atoms with van der Waals surface area (Å²) in [5.41, 5.74) is 2.89. The van der Waals surface area contributed by atoms with Crippen molar-refractivity contribution in [1.29, 1.82) is 0 Å². The fourth-order valence-corrected chi connectivity index (χ4v) is 3.82. The third-order valence-corrected chi connectivity index (χ3v) is 5.38. The molecule has 0 spiro atoms. The Morgan fingerprint density at radius 3 is 2.68 bits per heavy atom. The summed E-state index contributed by atoms with van der Waals surface area (Å²) in [7, 11) is 0. The third-order valence-electron chi connectivity index (χ3n) is 4.47. The maximum Gasteiger partial charge on any atom is 0.0767 e.